The van der Waals surface area contributed by atoms with Crippen molar-refractivity contribution in [1.82, 2.24) is 15.5 Å². The molecule has 0 bridgehead atoms. The van der Waals surface area contributed by atoms with Crippen molar-refractivity contribution in [2.24, 2.45) is 4.99 Å². The van der Waals surface area contributed by atoms with Gasteiger partial charge in [0, 0.05) is 24.6 Å². The third-order valence-electron chi connectivity index (χ3n) is 4.83. The first-order chi connectivity index (χ1) is 11.1. The second-order valence-corrected chi connectivity index (χ2v) is 7.49. The van der Waals surface area contributed by atoms with E-state index < -0.39 is 0 Å². The monoisotopic (exact) mass is 336 g/mol. The van der Waals surface area contributed by atoms with Crippen LogP contribution in [0.25, 0.3) is 0 Å². The Bertz CT molecular complexity index is 438. The molecule has 2 fully saturated rings. The standard InChI is InChI=1S/C18H33N4P/c1-14(19-13-18-11-8-12-22(18)16(3)23)20-15(2)21-17-9-6-4-5-7-10-17/h17-19H,1,3-13,23H2,2H3,(H,20,21). The van der Waals surface area contributed by atoms with Crippen LogP contribution < -0.4 is 10.6 Å². The van der Waals surface area contributed by atoms with Crippen LogP contribution in [0.3, 0.4) is 0 Å². The molecule has 2 unspecified atom stereocenters. The normalized spacial score (nSPS) is 23.5. The fourth-order valence-corrected chi connectivity index (χ4v) is 3.96. The van der Waals surface area contributed by atoms with Gasteiger partial charge in [-0.3, -0.25) is 4.99 Å². The van der Waals surface area contributed by atoms with Crippen LogP contribution in [0.4, 0.5) is 0 Å². The van der Waals surface area contributed by atoms with Gasteiger partial charge in [0.05, 0.1) is 17.7 Å². The second kappa shape index (κ2) is 9.32. The number of amidine groups is 1. The average molecular weight is 336 g/mol. The average Bonchev–Trinajstić information content (AvgIpc) is 2.83. The molecule has 5 heteroatoms. The molecule has 1 saturated carbocycles. The van der Waals surface area contributed by atoms with Crippen molar-refractivity contribution in [1.29, 1.82) is 0 Å². The molecule has 1 aliphatic carbocycles. The molecule has 0 radical (unpaired) electrons. The first kappa shape index (κ1) is 18.3. The molecule has 2 N–H and O–H groups in total. The Kier molecular flexibility index (Phi) is 7.42. The summed E-state index contributed by atoms with van der Waals surface area (Å²) in [7, 11) is 2.72. The van der Waals surface area contributed by atoms with E-state index in [4.69, 9.17) is 4.99 Å². The van der Waals surface area contributed by atoms with Gasteiger partial charge in [0.2, 0.25) is 0 Å². The third kappa shape index (κ3) is 6.18. The maximum Gasteiger partial charge on any atom is 0.0989 e. The zero-order valence-corrected chi connectivity index (χ0v) is 15.8. The summed E-state index contributed by atoms with van der Waals surface area (Å²) in [6.45, 7) is 12.2. The number of likely N-dealkylation sites (tertiary alicyclic amines) is 1. The first-order valence-corrected chi connectivity index (χ1v) is 9.59. The molecule has 130 valence electrons. The summed E-state index contributed by atoms with van der Waals surface area (Å²) in [5.74, 6) is 1.83. The highest BCUT2D eigenvalue weighted by Crippen LogP contribution is 2.24. The summed E-state index contributed by atoms with van der Waals surface area (Å²) in [5.41, 5.74) is 1.08. The summed E-state index contributed by atoms with van der Waals surface area (Å²) in [6, 6.07) is 1.00. The minimum absolute atomic E-state index is 0.489. The maximum absolute atomic E-state index is 4.84. The summed E-state index contributed by atoms with van der Waals surface area (Å²) in [4.78, 5) is 7.19. The zero-order valence-electron chi connectivity index (χ0n) is 14.6. The van der Waals surface area contributed by atoms with Gasteiger partial charge in [0.15, 0.2) is 0 Å². The molecule has 0 aromatic rings. The molecule has 2 aliphatic rings. The Morgan fingerprint density at radius 3 is 2.48 bits per heavy atom. The fraction of sp³-hybridized carbons (Fsp3) is 0.722. The summed E-state index contributed by atoms with van der Waals surface area (Å²) >= 11 is 0. The van der Waals surface area contributed by atoms with Crippen LogP contribution in [0.15, 0.2) is 29.4 Å². The number of hydrogen-bond donors (Lipinski definition) is 2. The third-order valence-corrected chi connectivity index (χ3v) is 5.16. The Hall–Kier alpha value is -1.02. The van der Waals surface area contributed by atoms with Crippen LogP contribution in [0.1, 0.15) is 58.3 Å². The van der Waals surface area contributed by atoms with E-state index in [2.05, 4.69) is 37.9 Å². The van der Waals surface area contributed by atoms with Gasteiger partial charge in [-0.2, -0.15) is 0 Å². The highest BCUT2D eigenvalue weighted by Gasteiger charge is 2.23. The summed E-state index contributed by atoms with van der Waals surface area (Å²) in [6.07, 6.45) is 10.3. The molecular weight excluding hydrogens is 303 g/mol. The van der Waals surface area contributed by atoms with Gasteiger partial charge in [-0.15, -0.1) is 0 Å². The number of rotatable bonds is 6. The van der Waals surface area contributed by atoms with E-state index in [0.29, 0.717) is 12.1 Å². The van der Waals surface area contributed by atoms with Gasteiger partial charge in [0.1, 0.15) is 0 Å². The molecule has 0 amide bonds. The van der Waals surface area contributed by atoms with Gasteiger partial charge < -0.3 is 15.5 Å². The molecule has 1 heterocycles. The topological polar surface area (TPSA) is 39.7 Å². The molecular formula is C18H33N4P. The van der Waals surface area contributed by atoms with E-state index in [0.717, 1.165) is 30.2 Å². The molecule has 23 heavy (non-hydrogen) atoms. The Balaban J connectivity index is 1.74. The quantitative estimate of drug-likeness (QED) is 0.337. The summed E-state index contributed by atoms with van der Waals surface area (Å²) < 4.78 is 0. The van der Waals surface area contributed by atoms with E-state index in [9.17, 15) is 0 Å². The minimum atomic E-state index is 0.489. The van der Waals surface area contributed by atoms with E-state index in [1.807, 2.05) is 6.92 Å². The lowest BCUT2D eigenvalue weighted by Crippen LogP contribution is -2.39. The van der Waals surface area contributed by atoms with Crippen molar-refractivity contribution in [3.8, 4) is 0 Å². The van der Waals surface area contributed by atoms with Crippen molar-refractivity contribution in [2.75, 3.05) is 13.1 Å². The summed E-state index contributed by atoms with van der Waals surface area (Å²) in [5, 5.41) is 6.73. The molecule has 0 aromatic heterocycles. The second-order valence-electron chi connectivity index (χ2n) is 6.83. The van der Waals surface area contributed by atoms with Crippen molar-refractivity contribution >= 4 is 15.1 Å². The van der Waals surface area contributed by atoms with Gasteiger partial charge in [-0.1, -0.05) is 48.1 Å². The van der Waals surface area contributed by atoms with Crippen LogP contribution >= 0.6 is 9.24 Å². The lowest BCUT2D eigenvalue weighted by molar-refractivity contribution is 0.335. The Morgan fingerprint density at radius 1 is 1.13 bits per heavy atom. The number of aliphatic imine (C=N–C) groups is 1. The van der Waals surface area contributed by atoms with E-state index in [1.165, 1.54) is 51.4 Å². The first-order valence-electron chi connectivity index (χ1n) is 9.01. The molecule has 1 saturated heterocycles. The lowest BCUT2D eigenvalue weighted by atomic mass is 10.1. The van der Waals surface area contributed by atoms with E-state index >= 15 is 0 Å². The molecule has 0 aromatic carbocycles. The smallest absolute Gasteiger partial charge is 0.0989 e. The van der Waals surface area contributed by atoms with Gasteiger partial charge in [-0.05, 0) is 32.6 Å². The van der Waals surface area contributed by atoms with Crippen LogP contribution in [0.2, 0.25) is 0 Å². The van der Waals surface area contributed by atoms with Crippen molar-refractivity contribution in [2.45, 2.75) is 70.4 Å². The Labute approximate surface area is 144 Å². The van der Waals surface area contributed by atoms with Crippen molar-refractivity contribution in [3.63, 3.8) is 0 Å². The van der Waals surface area contributed by atoms with Gasteiger partial charge in [-0.25, -0.2) is 0 Å². The van der Waals surface area contributed by atoms with Crippen molar-refractivity contribution < 1.29 is 0 Å². The van der Waals surface area contributed by atoms with E-state index in [1.54, 1.807) is 0 Å². The maximum atomic E-state index is 4.84. The van der Waals surface area contributed by atoms with Crippen LogP contribution in [-0.4, -0.2) is 35.9 Å². The SMILES string of the molecule is C=C(NCC1CCCN1C(=C)P)NC(C)=NC1CCCCCC1. The highest BCUT2D eigenvalue weighted by atomic mass is 31.0. The van der Waals surface area contributed by atoms with Crippen LogP contribution in [0.5, 0.6) is 0 Å². The van der Waals surface area contributed by atoms with Gasteiger partial charge in [0.25, 0.3) is 0 Å². The minimum Gasteiger partial charge on any atom is -0.370 e. The largest absolute Gasteiger partial charge is 0.370 e. The van der Waals surface area contributed by atoms with E-state index in [-0.39, 0.29) is 0 Å². The molecule has 2 atom stereocenters. The Morgan fingerprint density at radius 2 is 1.83 bits per heavy atom. The predicted molar refractivity (Wildman–Crippen MR) is 103 cm³/mol. The fourth-order valence-electron chi connectivity index (χ4n) is 3.62. The lowest BCUT2D eigenvalue weighted by Gasteiger charge is -2.27. The van der Waals surface area contributed by atoms with Crippen LogP contribution in [-0.2, 0) is 0 Å². The number of hydrogen-bond acceptors (Lipinski definition) is 3. The molecule has 4 nitrogen and oxygen atoms in total. The number of nitrogens with zero attached hydrogens (tertiary/aromatic N) is 2. The highest BCUT2D eigenvalue weighted by molar-refractivity contribution is 7.22. The molecule has 2 rings (SSSR count). The van der Waals surface area contributed by atoms with Gasteiger partial charge >= 0.3 is 0 Å². The number of nitrogens with one attached hydrogen (secondary N) is 2. The van der Waals surface area contributed by atoms with Crippen LogP contribution in [0, 0.1) is 0 Å². The molecule has 0 spiro atoms. The predicted octanol–water partition coefficient (Wildman–Crippen LogP) is 3.59. The molecule has 1 aliphatic heterocycles. The zero-order chi connectivity index (χ0) is 16.7. The van der Waals surface area contributed by atoms with Crippen molar-refractivity contribution in [3.05, 3.63) is 24.4 Å².